The molecule has 1 amide bonds. The fraction of sp³-hybridized carbons (Fsp3) is 0.400. The Labute approximate surface area is 120 Å². The van der Waals surface area contributed by atoms with Gasteiger partial charge in [0.2, 0.25) is 0 Å². The highest BCUT2D eigenvalue weighted by molar-refractivity contribution is 7.17. The lowest BCUT2D eigenvalue weighted by Crippen LogP contribution is -2.42. The van der Waals surface area contributed by atoms with Crippen LogP contribution in [0.15, 0.2) is 24.3 Å². The lowest BCUT2D eigenvalue weighted by atomic mass is 9.95. The van der Waals surface area contributed by atoms with Crippen LogP contribution in [0, 0.1) is 5.13 Å². The van der Waals surface area contributed by atoms with E-state index in [1.165, 1.54) is 12.5 Å². The standard InChI is InChI=1S/C15H15FN2OS/c16-14-6-9-5-8(1-4-13(9)20-14)15(19)18-12-7-10-2-3-11(12)17-10/h1,4-6,10-12,17H,2-3,7H2,(H,18,19)/t10-,11+,12-/m1/s1. The maximum absolute atomic E-state index is 13.2. The third kappa shape index (κ3) is 2.01. The van der Waals surface area contributed by atoms with Crippen LogP contribution in [0.4, 0.5) is 4.39 Å². The van der Waals surface area contributed by atoms with Crippen molar-refractivity contribution in [1.29, 1.82) is 0 Å². The molecular formula is C15H15FN2OS. The minimum Gasteiger partial charge on any atom is -0.348 e. The highest BCUT2D eigenvalue weighted by atomic mass is 32.1. The molecule has 2 bridgehead atoms. The molecule has 2 aliphatic rings. The van der Waals surface area contributed by atoms with Crippen LogP contribution >= 0.6 is 11.3 Å². The van der Waals surface area contributed by atoms with Gasteiger partial charge in [0.1, 0.15) is 0 Å². The summed E-state index contributed by atoms with van der Waals surface area (Å²) in [5.41, 5.74) is 0.609. The van der Waals surface area contributed by atoms with Gasteiger partial charge in [-0.15, -0.1) is 11.3 Å². The molecule has 0 radical (unpaired) electrons. The second kappa shape index (κ2) is 4.53. The first kappa shape index (κ1) is 12.3. The smallest absolute Gasteiger partial charge is 0.251 e. The van der Waals surface area contributed by atoms with E-state index in [0.717, 1.165) is 34.3 Å². The number of carbonyl (C=O) groups is 1. The molecule has 0 unspecified atom stereocenters. The molecule has 3 heterocycles. The van der Waals surface area contributed by atoms with E-state index >= 15 is 0 Å². The Morgan fingerprint density at radius 3 is 3.00 bits per heavy atom. The zero-order valence-corrected chi connectivity index (χ0v) is 11.7. The highest BCUT2D eigenvalue weighted by Crippen LogP contribution is 2.29. The zero-order valence-electron chi connectivity index (χ0n) is 10.9. The molecule has 1 aromatic carbocycles. The zero-order chi connectivity index (χ0) is 13.7. The molecule has 0 aliphatic carbocycles. The fourth-order valence-electron chi connectivity index (χ4n) is 3.39. The summed E-state index contributed by atoms with van der Waals surface area (Å²) in [6.45, 7) is 0. The van der Waals surface area contributed by atoms with Gasteiger partial charge in [0.15, 0.2) is 5.13 Å². The van der Waals surface area contributed by atoms with Gasteiger partial charge in [0.25, 0.3) is 5.91 Å². The highest BCUT2D eigenvalue weighted by Gasteiger charge is 2.39. The molecule has 3 nitrogen and oxygen atoms in total. The monoisotopic (exact) mass is 290 g/mol. The lowest BCUT2D eigenvalue weighted by molar-refractivity contribution is 0.0931. The molecule has 4 rings (SSSR count). The van der Waals surface area contributed by atoms with Crippen LogP contribution in [-0.4, -0.2) is 24.0 Å². The van der Waals surface area contributed by atoms with Gasteiger partial charge < -0.3 is 10.6 Å². The van der Waals surface area contributed by atoms with Crippen molar-refractivity contribution in [3.8, 4) is 0 Å². The SMILES string of the molecule is O=C(N[C@@H]1C[C@H]2CC[C@@H]1N2)c1ccc2sc(F)cc2c1. The quantitative estimate of drug-likeness (QED) is 0.893. The van der Waals surface area contributed by atoms with E-state index in [9.17, 15) is 9.18 Å². The van der Waals surface area contributed by atoms with Crippen LogP contribution in [0.3, 0.4) is 0 Å². The number of thiophene rings is 1. The van der Waals surface area contributed by atoms with Crippen molar-refractivity contribution in [3.05, 3.63) is 35.0 Å². The number of benzene rings is 1. The van der Waals surface area contributed by atoms with Crippen LogP contribution in [0.1, 0.15) is 29.6 Å². The minimum atomic E-state index is -0.213. The maximum Gasteiger partial charge on any atom is 0.251 e. The number of fused-ring (bicyclic) bond motifs is 3. The summed E-state index contributed by atoms with van der Waals surface area (Å²) in [5.74, 6) is -0.0575. The molecule has 5 heteroatoms. The summed E-state index contributed by atoms with van der Waals surface area (Å²) < 4.78 is 14.1. The van der Waals surface area contributed by atoms with Crippen molar-refractivity contribution in [2.24, 2.45) is 0 Å². The first-order valence-corrected chi connectivity index (χ1v) is 7.77. The van der Waals surface area contributed by atoms with Crippen LogP contribution in [-0.2, 0) is 0 Å². The second-order valence-electron chi connectivity index (χ2n) is 5.67. The van der Waals surface area contributed by atoms with Gasteiger partial charge >= 0.3 is 0 Å². The molecule has 3 atom stereocenters. The number of halogens is 1. The Balaban J connectivity index is 1.54. The summed E-state index contributed by atoms with van der Waals surface area (Å²) >= 11 is 1.11. The van der Waals surface area contributed by atoms with Crippen molar-refractivity contribution >= 4 is 27.3 Å². The average Bonchev–Trinajstić information content (AvgIpc) is 3.10. The number of carbonyl (C=O) groups excluding carboxylic acids is 1. The number of hydrogen-bond donors (Lipinski definition) is 2. The van der Waals surface area contributed by atoms with Crippen molar-refractivity contribution < 1.29 is 9.18 Å². The molecule has 2 aromatic rings. The van der Waals surface area contributed by atoms with Crippen LogP contribution in [0.5, 0.6) is 0 Å². The van der Waals surface area contributed by atoms with E-state index < -0.39 is 0 Å². The first-order valence-electron chi connectivity index (χ1n) is 6.95. The van der Waals surface area contributed by atoms with Crippen molar-refractivity contribution in [3.63, 3.8) is 0 Å². The van der Waals surface area contributed by atoms with Crippen LogP contribution in [0.2, 0.25) is 0 Å². The number of amides is 1. The molecule has 2 saturated heterocycles. The molecule has 2 fully saturated rings. The fourth-order valence-corrected chi connectivity index (χ4v) is 4.16. The molecule has 2 aliphatic heterocycles. The number of rotatable bonds is 2. The Morgan fingerprint density at radius 2 is 2.25 bits per heavy atom. The predicted molar refractivity (Wildman–Crippen MR) is 77.6 cm³/mol. The largest absolute Gasteiger partial charge is 0.348 e. The van der Waals surface area contributed by atoms with Crippen LogP contribution < -0.4 is 10.6 Å². The van der Waals surface area contributed by atoms with E-state index in [-0.39, 0.29) is 17.1 Å². The third-order valence-corrected chi connectivity index (χ3v) is 5.27. The Morgan fingerprint density at radius 1 is 1.35 bits per heavy atom. The first-order chi connectivity index (χ1) is 9.69. The summed E-state index contributed by atoms with van der Waals surface area (Å²) in [7, 11) is 0. The van der Waals surface area contributed by atoms with Crippen molar-refractivity contribution in [1.82, 2.24) is 10.6 Å². The minimum absolute atomic E-state index is 0.0575. The maximum atomic E-state index is 13.2. The molecule has 0 spiro atoms. The molecular weight excluding hydrogens is 275 g/mol. The number of hydrogen-bond acceptors (Lipinski definition) is 3. The summed E-state index contributed by atoms with van der Waals surface area (Å²) in [6.07, 6.45) is 3.38. The summed E-state index contributed by atoms with van der Waals surface area (Å²) in [6, 6.07) is 8.06. The van der Waals surface area contributed by atoms with Gasteiger partial charge in [0.05, 0.1) is 0 Å². The average molecular weight is 290 g/mol. The summed E-state index contributed by atoms with van der Waals surface area (Å²) in [5, 5.41) is 7.20. The van der Waals surface area contributed by atoms with E-state index in [1.54, 1.807) is 12.1 Å². The van der Waals surface area contributed by atoms with Gasteiger partial charge in [-0.1, -0.05) is 0 Å². The van der Waals surface area contributed by atoms with E-state index in [4.69, 9.17) is 0 Å². The van der Waals surface area contributed by atoms with Gasteiger partial charge in [-0.05, 0) is 48.9 Å². The lowest BCUT2D eigenvalue weighted by Gasteiger charge is -2.21. The Bertz CT molecular complexity index is 684. The molecule has 20 heavy (non-hydrogen) atoms. The van der Waals surface area contributed by atoms with E-state index in [2.05, 4.69) is 10.6 Å². The van der Waals surface area contributed by atoms with Crippen molar-refractivity contribution in [2.45, 2.75) is 37.4 Å². The van der Waals surface area contributed by atoms with Gasteiger partial charge in [-0.25, -0.2) is 0 Å². The normalized spacial score (nSPS) is 28.1. The second-order valence-corrected chi connectivity index (χ2v) is 6.70. The Hall–Kier alpha value is -1.46. The number of nitrogens with one attached hydrogen (secondary N) is 2. The van der Waals surface area contributed by atoms with Gasteiger partial charge in [-0.2, -0.15) is 4.39 Å². The molecule has 0 saturated carbocycles. The molecule has 1 aromatic heterocycles. The van der Waals surface area contributed by atoms with E-state index in [0.29, 0.717) is 17.6 Å². The van der Waals surface area contributed by atoms with Crippen LogP contribution in [0.25, 0.3) is 10.1 Å². The van der Waals surface area contributed by atoms with E-state index in [1.807, 2.05) is 6.07 Å². The molecule has 2 N–H and O–H groups in total. The van der Waals surface area contributed by atoms with Crippen molar-refractivity contribution in [2.75, 3.05) is 0 Å². The van der Waals surface area contributed by atoms with Gasteiger partial charge in [0, 0.05) is 28.4 Å². The Kier molecular flexibility index (Phi) is 2.79. The summed E-state index contributed by atoms with van der Waals surface area (Å²) in [4.78, 5) is 12.3. The van der Waals surface area contributed by atoms with Gasteiger partial charge in [-0.3, -0.25) is 4.79 Å². The third-order valence-electron chi connectivity index (χ3n) is 4.36. The topological polar surface area (TPSA) is 41.1 Å². The predicted octanol–water partition coefficient (Wildman–Crippen LogP) is 2.66. The molecule has 104 valence electrons.